The number of carbonyl (C=O) groups is 3. The highest BCUT2D eigenvalue weighted by Gasteiger charge is 2.60. The van der Waals surface area contributed by atoms with Gasteiger partial charge in [0, 0.05) is 4.88 Å². The molecule has 0 aromatic carbocycles. The summed E-state index contributed by atoms with van der Waals surface area (Å²) < 4.78 is 5.24. The van der Waals surface area contributed by atoms with Crippen LogP contribution in [0.2, 0.25) is 0 Å². The van der Waals surface area contributed by atoms with Crippen LogP contribution in [0.25, 0.3) is 0 Å². The predicted octanol–water partition coefficient (Wildman–Crippen LogP) is 3.66. The molecule has 1 heterocycles. The summed E-state index contributed by atoms with van der Waals surface area (Å²) in [5, 5.41) is 13.3. The first-order valence-corrected chi connectivity index (χ1v) is 10.7. The molecule has 0 aliphatic heterocycles. The van der Waals surface area contributed by atoms with Crippen LogP contribution in [0, 0.1) is 23.2 Å². The van der Waals surface area contributed by atoms with Crippen molar-refractivity contribution in [2.24, 2.45) is 23.2 Å². The van der Waals surface area contributed by atoms with Crippen LogP contribution in [0.1, 0.15) is 53.9 Å². The van der Waals surface area contributed by atoms with E-state index in [-0.39, 0.29) is 24.3 Å². The van der Waals surface area contributed by atoms with Crippen molar-refractivity contribution in [3.8, 4) is 0 Å². The molecule has 0 unspecified atom stereocenters. The van der Waals surface area contributed by atoms with Crippen LogP contribution in [-0.2, 0) is 27.2 Å². The van der Waals surface area contributed by atoms with Gasteiger partial charge in [-0.05, 0) is 63.4 Å². The van der Waals surface area contributed by atoms with Gasteiger partial charge < -0.3 is 15.2 Å². The van der Waals surface area contributed by atoms with Gasteiger partial charge >= 0.3 is 11.9 Å². The van der Waals surface area contributed by atoms with Gasteiger partial charge in [0.2, 0.25) is 5.91 Å². The molecule has 1 saturated carbocycles. The molecule has 1 aromatic rings. The molecule has 2 bridgehead atoms. The van der Waals surface area contributed by atoms with E-state index in [2.05, 4.69) is 5.32 Å². The standard InChI is InChI=1S/C21H25NO5S/c1-3-27-19(24)15-13-6-4-5-7-14(13)28-18(15)22-17(23)16-11-8-9-12(10-11)21(16,2)20(25)26/h8-9,11-12,16H,3-7,10H2,1-2H3,(H,22,23)(H,25,26)/t11-,12-,16+,21-/m1/s1. The number of hydrogen-bond donors (Lipinski definition) is 2. The molecular weight excluding hydrogens is 378 g/mol. The number of ether oxygens (including phenoxy) is 1. The van der Waals surface area contributed by atoms with Gasteiger partial charge in [-0.15, -0.1) is 11.3 Å². The first kappa shape index (κ1) is 19.2. The number of anilines is 1. The van der Waals surface area contributed by atoms with Crippen LogP contribution >= 0.6 is 11.3 Å². The van der Waals surface area contributed by atoms with Gasteiger partial charge in [0.25, 0.3) is 0 Å². The monoisotopic (exact) mass is 403 g/mol. The lowest BCUT2D eigenvalue weighted by atomic mass is 9.69. The van der Waals surface area contributed by atoms with E-state index < -0.39 is 23.3 Å². The molecule has 4 rings (SSSR count). The van der Waals surface area contributed by atoms with Crippen molar-refractivity contribution in [2.75, 3.05) is 11.9 Å². The minimum absolute atomic E-state index is 0.0771. The molecular formula is C21H25NO5S. The van der Waals surface area contributed by atoms with Gasteiger partial charge in [0.05, 0.1) is 23.5 Å². The van der Waals surface area contributed by atoms with E-state index in [4.69, 9.17) is 4.74 Å². The number of allylic oxidation sites excluding steroid dienone is 2. The van der Waals surface area contributed by atoms with Crippen molar-refractivity contribution in [1.82, 2.24) is 0 Å². The van der Waals surface area contributed by atoms with Crippen LogP contribution in [0.3, 0.4) is 0 Å². The Hall–Kier alpha value is -2.15. The number of fused-ring (bicyclic) bond motifs is 3. The van der Waals surface area contributed by atoms with Crippen LogP contribution in [0.15, 0.2) is 12.2 Å². The molecule has 0 radical (unpaired) electrons. The van der Waals surface area contributed by atoms with E-state index in [1.54, 1.807) is 13.8 Å². The second-order valence-corrected chi connectivity index (χ2v) is 9.19. The fraction of sp³-hybridized carbons (Fsp3) is 0.571. The molecule has 1 fully saturated rings. The number of amides is 1. The number of aliphatic carboxylic acids is 1. The van der Waals surface area contributed by atoms with E-state index in [0.717, 1.165) is 36.1 Å². The third-order valence-electron chi connectivity index (χ3n) is 6.59. The maximum absolute atomic E-state index is 13.2. The van der Waals surface area contributed by atoms with Crippen LogP contribution in [0.4, 0.5) is 5.00 Å². The molecule has 3 aliphatic carbocycles. The number of esters is 1. The molecule has 150 valence electrons. The first-order chi connectivity index (χ1) is 13.4. The Morgan fingerprint density at radius 2 is 2.04 bits per heavy atom. The van der Waals surface area contributed by atoms with Crippen molar-refractivity contribution in [3.63, 3.8) is 0 Å². The lowest BCUT2D eigenvalue weighted by molar-refractivity contribution is -0.155. The molecule has 1 aromatic heterocycles. The zero-order valence-electron chi connectivity index (χ0n) is 16.1. The largest absolute Gasteiger partial charge is 0.481 e. The third kappa shape index (κ3) is 2.79. The quantitative estimate of drug-likeness (QED) is 0.578. The van der Waals surface area contributed by atoms with Gasteiger partial charge in [-0.1, -0.05) is 12.2 Å². The van der Waals surface area contributed by atoms with E-state index in [9.17, 15) is 19.5 Å². The predicted molar refractivity (Wildman–Crippen MR) is 106 cm³/mol. The summed E-state index contributed by atoms with van der Waals surface area (Å²) in [5.74, 6) is -2.52. The Kier molecular flexibility index (Phi) is 4.81. The van der Waals surface area contributed by atoms with Gasteiger partial charge in [-0.3, -0.25) is 9.59 Å². The Labute approximate surface area is 168 Å². The molecule has 1 amide bonds. The Morgan fingerprint density at radius 1 is 1.29 bits per heavy atom. The van der Waals surface area contributed by atoms with Gasteiger partial charge in [-0.25, -0.2) is 4.79 Å². The second-order valence-electron chi connectivity index (χ2n) is 8.08. The molecule has 6 nitrogen and oxygen atoms in total. The average Bonchev–Trinajstić information content (AvgIpc) is 3.33. The molecule has 4 atom stereocenters. The number of hydrogen-bond acceptors (Lipinski definition) is 5. The maximum Gasteiger partial charge on any atom is 0.341 e. The number of carboxylic acids is 1. The zero-order chi connectivity index (χ0) is 20.1. The summed E-state index contributed by atoms with van der Waals surface area (Å²) in [6.45, 7) is 3.69. The summed E-state index contributed by atoms with van der Waals surface area (Å²) in [6, 6.07) is 0. The number of thiophene rings is 1. The van der Waals surface area contributed by atoms with Crippen molar-refractivity contribution >= 4 is 34.2 Å². The number of carbonyl (C=O) groups excluding carboxylic acids is 2. The second kappa shape index (κ2) is 7.03. The average molecular weight is 404 g/mol. The summed E-state index contributed by atoms with van der Waals surface area (Å²) >= 11 is 1.43. The summed E-state index contributed by atoms with van der Waals surface area (Å²) in [6.07, 6.45) is 8.36. The molecule has 28 heavy (non-hydrogen) atoms. The molecule has 7 heteroatoms. The fourth-order valence-electron chi connectivity index (χ4n) is 5.12. The van der Waals surface area contributed by atoms with Crippen LogP contribution < -0.4 is 5.32 Å². The summed E-state index contributed by atoms with van der Waals surface area (Å²) in [4.78, 5) is 38.9. The maximum atomic E-state index is 13.2. The van der Waals surface area contributed by atoms with Crippen molar-refractivity contribution in [2.45, 2.75) is 46.0 Å². The molecule has 3 aliphatic rings. The van der Waals surface area contributed by atoms with Gasteiger partial charge in [-0.2, -0.15) is 0 Å². The number of aryl methyl sites for hydroxylation is 1. The minimum Gasteiger partial charge on any atom is -0.481 e. The number of carboxylic acid groups (broad SMARTS) is 1. The van der Waals surface area contributed by atoms with Crippen molar-refractivity contribution in [1.29, 1.82) is 0 Å². The van der Waals surface area contributed by atoms with E-state index >= 15 is 0 Å². The normalized spacial score (nSPS) is 30.1. The molecule has 0 spiro atoms. The Balaban J connectivity index is 1.67. The zero-order valence-corrected chi connectivity index (χ0v) is 16.9. The highest BCUT2D eigenvalue weighted by molar-refractivity contribution is 7.17. The molecule has 2 N–H and O–H groups in total. The smallest absolute Gasteiger partial charge is 0.341 e. The Morgan fingerprint density at radius 3 is 2.75 bits per heavy atom. The fourth-order valence-corrected chi connectivity index (χ4v) is 6.40. The number of nitrogens with one attached hydrogen (secondary N) is 1. The van der Waals surface area contributed by atoms with Gasteiger partial charge in [0.15, 0.2) is 0 Å². The Bertz CT molecular complexity index is 872. The van der Waals surface area contributed by atoms with E-state index in [1.165, 1.54) is 11.3 Å². The summed E-state index contributed by atoms with van der Waals surface area (Å²) in [7, 11) is 0. The number of rotatable bonds is 5. The van der Waals surface area contributed by atoms with Gasteiger partial charge in [0.1, 0.15) is 5.00 Å². The van der Waals surface area contributed by atoms with E-state index in [1.807, 2.05) is 12.2 Å². The SMILES string of the molecule is CCOC(=O)c1c(NC(=O)[C@@H]2[C@@H]3C=C[C@H](C3)[C@@]2(C)C(=O)O)sc2c1CCCC2. The minimum atomic E-state index is -1.12. The van der Waals surface area contributed by atoms with Crippen LogP contribution in [0.5, 0.6) is 0 Å². The summed E-state index contributed by atoms with van der Waals surface area (Å²) in [5.41, 5.74) is 0.328. The molecule has 0 saturated heterocycles. The highest BCUT2D eigenvalue weighted by atomic mass is 32.1. The van der Waals surface area contributed by atoms with Crippen molar-refractivity contribution < 1.29 is 24.2 Å². The first-order valence-electron chi connectivity index (χ1n) is 9.92. The topological polar surface area (TPSA) is 92.7 Å². The lowest BCUT2D eigenvalue weighted by Gasteiger charge is -2.33. The van der Waals surface area contributed by atoms with E-state index in [0.29, 0.717) is 17.0 Å². The highest BCUT2D eigenvalue weighted by Crippen LogP contribution is 2.56. The lowest BCUT2D eigenvalue weighted by Crippen LogP contribution is -2.45. The van der Waals surface area contributed by atoms with Crippen molar-refractivity contribution in [3.05, 3.63) is 28.2 Å². The van der Waals surface area contributed by atoms with Crippen LogP contribution in [-0.4, -0.2) is 29.6 Å². The third-order valence-corrected chi connectivity index (χ3v) is 7.80.